The quantitative estimate of drug-likeness (QED) is 0.769. The molecule has 21 heavy (non-hydrogen) atoms. The third kappa shape index (κ3) is 3.13. The fraction of sp³-hybridized carbons (Fsp3) is 0.250. The molecule has 0 spiro atoms. The third-order valence-electron chi connectivity index (χ3n) is 3.02. The van der Waals surface area contributed by atoms with E-state index < -0.39 is 0 Å². The maximum Gasteiger partial charge on any atom is 0.226 e. The molecule has 0 bridgehead atoms. The summed E-state index contributed by atoms with van der Waals surface area (Å²) < 4.78 is 5.77. The van der Waals surface area contributed by atoms with Crippen molar-refractivity contribution in [3.8, 4) is 11.5 Å². The van der Waals surface area contributed by atoms with Gasteiger partial charge in [0, 0.05) is 17.2 Å². The Kier molecular flexibility index (Phi) is 3.75. The average Bonchev–Trinajstić information content (AvgIpc) is 3.03. The van der Waals surface area contributed by atoms with Crippen molar-refractivity contribution < 1.29 is 9.21 Å². The topological polar surface area (TPSA) is 55.1 Å². The Hall–Kier alpha value is -2.14. The van der Waals surface area contributed by atoms with Crippen LogP contribution in [0.15, 0.2) is 40.1 Å². The number of hydrogen-bond donors (Lipinski definition) is 1. The number of thiazole rings is 1. The van der Waals surface area contributed by atoms with Crippen molar-refractivity contribution in [2.45, 2.75) is 20.3 Å². The molecule has 4 nitrogen and oxygen atoms in total. The molecule has 0 atom stereocenters. The number of amides is 1. The molecule has 0 saturated heterocycles. The summed E-state index contributed by atoms with van der Waals surface area (Å²) in [6, 6.07) is 9.80. The van der Waals surface area contributed by atoms with Crippen molar-refractivity contribution in [1.29, 1.82) is 0 Å². The van der Waals surface area contributed by atoms with Gasteiger partial charge in [-0.05, 0) is 18.1 Å². The van der Waals surface area contributed by atoms with Crippen LogP contribution >= 0.6 is 11.3 Å². The minimum Gasteiger partial charge on any atom is -0.454 e. The van der Waals surface area contributed by atoms with Crippen LogP contribution in [0, 0.1) is 5.92 Å². The Morgan fingerprint density at radius 3 is 2.95 bits per heavy atom. The van der Waals surface area contributed by atoms with Gasteiger partial charge in [-0.3, -0.25) is 4.79 Å². The van der Waals surface area contributed by atoms with Crippen molar-refractivity contribution in [1.82, 2.24) is 4.98 Å². The Balaban J connectivity index is 1.79. The van der Waals surface area contributed by atoms with Gasteiger partial charge in [0.2, 0.25) is 5.91 Å². The van der Waals surface area contributed by atoms with Gasteiger partial charge in [0.25, 0.3) is 0 Å². The lowest BCUT2D eigenvalue weighted by molar-refractivity contribution is -0.116. The fourth-order valence-electron chi connectivity index (χ4n) is 2.09. The number of fused-ring (bicyclic) bond motifs is 1. The predicted molar refractivity (Wildman–Crippen MR) is 85.4 cm³/mol. The molecule has 0 saturated carbocycles. The second-order valence-electron chi connectivity index (χ2n) is 5.33. The van der Waals surface area contributed by atoms with E-state index in [-0.39, 0.29) is 5.91 Å². The standard InChI is InChI=1S/C16H16N2O2S/c1-10(2)7-15(19)18-16-17-12(9-21-16)14-8-11-5-3-4-6-13(11)20-14/h3-6,8-10H,7H2,1-2H3,(H,17,18,19). The minimum atomic E-state index is -0.00416. The molecule has 0 radical (unpaired) electrons. The SMILES string of the molecule is CC(C)CC(=O)Nc1nc(-c2cc3ccccc3o2)cs1. The van der Waals surface area contributed by atoms with Crippen LogP contribution < -0.4 is 5.32 Å². The van der Waals surface area contributed by atoms with Crippen LogP contribution in [0.5, 0.6) is 0 Å². The number of carbonyl (C=O) groups is 1. The zero-order valence-corrected chi connectivity index (χ0v) is 12.7. The second kappa shape index (κ2) is 5.69. The molecule has 108 valence electrons. The summed E-state index contributed by atoms with van der Waals surface area (Å²) in [6.45, 7) is 4.03. The summed E-state index contributed by atoms with van der Waals surface area (Å²) in [5.74, 6) is 1.05. The van der Waals surface area contributed by atoms with Crippen molar-refractivity contribution >= 4 is 33.3 Å². The molecule has 0 fully saturated rings. The van der Waals surface area contributed by atoms with Crippen LogP contribution in [0.4, 0.5) is 5.13 Å². The Morgan fingerprint density at radius 2 is 2.19 bits per heavy atom. The zero-order chi connectivity index (χ0) is 14.8. The number of anilines is 1. The minimum absolute atomic E-state index is 0.00416. The van der Waals surface area contributed by atoms with E-state index in [1.54, 1.807) is 0 Å². The van der Waals surface area contributed by atoms with Gasteiger partial charge in [0.1, 0.15) is 11.3 Å². The maximum atomic E-state index is 11.7. The fourth-order valence-corrected chi connectivity index (χ4v) is 2.81. The molecule has 0 aliphatic rings. The first kappa shape index (κ1) is 13.8. The number of carbonyl (C=O) groups excluding carboxylic acids is 1. The highest BCUT2D eigenvalue weighted by molar-refractivity contribution is 7.14. The van der Waals surface area contributed by atoms with E-state index >= 15 is 0 Å². The number of nitrogens with zero attached hydrogens (tertiary/aromatic N) is 1. The summed E-state index contributed by atoms with van der Waals surface area (Å²) >= 11 is 1.41. The highest BCUT2D eigenvalue weighted by atomic mass is 32.1. The van der Waals surface area contributed by atoms with Crippen molar-refractivity contribution in [3.63, 3.8) is 0 Å². The van der Waals surface area contributed by atoms with E-state index in [4.69, 9.17) is 4.42 Å². The highest BCUT2D eigenvalue weighted by Gasteiger charge is 2.12. The van der Waals surface area contributed by atoms with Gasteiger partial charge in [-0.2, -0.15) is 0 Å². The van der Waals surface area contributed by atoms with E-state index in [1.807, 2.05) is 49.6 Å². The second-order valence-corrected chi connectivity index (χ2v) is 6.19. The summed E-state index contributed by atoms with van der Waals surface area (Å²) in [4.78, 5) is 16.2. The van der Waals surface area contributed by atoms with Crippen LogP contribution in [0.1, 0.15) is 20.3 Å². The van der Waals surface area contributed by atoms with Crippen molar-refractivity contribution in [3.05, 3.63) is 35.7 Å². The number of benzene rings is 1. The van der Waals surface area contributed by atoms with Crippen LogP contribution in [0.3, 0.4) is 0 Å². The molecule has 3 aromatic rings. The average molecular weight is 300 g/mol. The lowest BCUT2D eigenvalue weighted by atomic mass is 10.1. The van der Waals surface area contributed by atoms with Crippen molar-refractivity contribution in [2.75, 3.05) is 5.32 Å². The van der Waals surface area contributed by atoms with Gasteiger partial charge in [0.15, 0.2) is 10.9 Å². The van der Waals surface area contributed by atoms with Crippen LogP contribution in [0.2, 0.25) is 0 Å². The number of aromatic nitrogens is 1. The van der Waals surface area contributed by atoms with E-state index in [1.165, 1.54) is 11.3 Å². The Bertz CT molecular complexity index is 740. The highest BCUT2D eigenvalue weighted by Crippen LogP contribution is 2.30. The van der Waals surface area contributed by atoms with Crippen LogP contribution in [-0.2, 0) is 4.79 Å². The summed E-state index contributed by atoms with van der Waals surface area (Å²) in [7, 11) is 0. The first-order valence-corrected chi connectivity index (χ1v) is 7.74. The normalized spacial score (nSPS) is 11.2. The molecule has 1 aromatic carbocycles. The van der Waals surface area contributed by atoms with Gasteiger partial charge in [-0.1, -0.05) is 32.0 Å². The first-order valence-electron chi connectivity index (χ1n) is 6.86. The van der Waals surface area contributed by atoms with E-state index in [0.29, 0.717) is 17.5 Å². The number of para-hydroxylation sites is 1. The van der Waals surface area contributed by atoms with E-state index in [9.17, 15) is 4.79 Å². The smallest absolute Gasteiger partial charge is 0.226 e. The molecule has 2 heterocycles. The monoisotopic (exact) mass is 300 g/mol. The van der Waals surface area contributed by atoms with Crippen LogP contribution in [-0.4, -0.2) is 10.9 Å². The summed E-state index contributed by atoms with van der Waals surface area (Å²) in [5.41, 5.74) is 1.59. The number of nitrogens with one attached hydrogen (secondary N) is 1. The Morgan fingerprint density at radius 1 is 1.38 bits per heavy atom. The van der Waals surface area contributed by atoms with Gasteiger partial charge < -0.3 is 9.73 Å². The Labute approximate surface area is 126 Å². The third-order valence-corrected chi connectivity index (χ3v) is 3.78. The predicted octanol–water partition coefficient (Wildman–Crippen LogP) is 4.54. The van der Waals surface area contributed by atoms with Crippen LogP contribution in [0.25, 0.3) is 22.4 Å². The maximum absolute atomic E-state index is 11.7. The van der Waals surface area contributed by atoms with E-state index in [2.05, 4.69) is 10.3 Å². The largest absolute Gasteiger partial charge is 0.454 e. The molecule has 1 amide bonds. The summed E-state index contributed by atoms with van der Waals surface area (Å²) in [6.07, 6.45) is 0.500. The zero-order valence-electron chi connectivity index (χ0n) is 11.9. The lowest BCUT2D eigenvalue weighted by Gasteiger charge is -2.03. The van der Waals surface area contributed by atoms with Gasteiger partial charge >= 0.3 is 0 Å². The molecular weight excluding hydrogens is 284 g/mol. The molecule has 5 heteroatoms. The molecule has 1 N–H and O–H groups in total. The van der Waals surface area contributed by atoms with Gasteiger partial charge in [-0.25, -0.2) is 4.98 Å². The number of furan rings is 1. The summed E-state index contributed by atoms with van der Waals surface area (Å²) in [5, 5.41) is 6.37. The number of hydrogen-bond acceptors (Lipinski definition) is 4. The van der Waals surface area contributed by atoms with Crippen molar-refractivity contribution in [2.24, 2.45) is 5.92 Å². The lowest BCUT2D eigenvalue weighted by Crippen LogP contribution is -2.13. The first-order chi connectivity index (χ1) is 10.1. The molecule has 2 aromatic heterocycles. The van der Waals surface area contributed by atoms with Gasteiger partial charge in [0.05, 0.1) is 0 Å². The molecular formula is C16H16N2O2S. The van der Waals surface area contributed by atoms with E-state index in [0.717, 1.165) is 22.4 Å². The van der Waals surface area contributed by atoms with Gasteiger partial charge in [-0.15, -0.1) is 11.3 Å². The molecule has 0 aliphatic heterocycles. The molecule has 0 unspecified atom stereocenters. The molecule has 3 rings (SSSR count). The molecule has 0 aliphatic carbocycles. The number of rotatable bonds is 4.